The van der Waals surface area contributed by atoms with Gasteiger partial charge in [0.15, 0.2) is 0 Å². The number of nitrogens with one attached hydrogen (secondary N) is 5. The maximum Gasteiger partial charge on any atom is 0.295 e. The van der Waals surface area contributed by atoms with Crippen LogP contribution in [0.3, 0.4) is 0 Å². The lowest BCUT2D eigenvalue weighted by molar-refractivity contribution is -0.383. The molecule has 0 aliphatic carbocycles. The monoisotopic (exact) mass is 1150 g/mol. The molecule has 75 heavy (non-hydrogen) atoms. The number of hydrogen-bond acceptors (Lipinski definition) is 11. The Morgan fingerprint density at radius 3 is 1.29 bits per heavy atom. The summed E-state index contributed by atoms with van der Waals surface area (Å²) in [5.41, 5.74) is 41.5. The smallest absolute Gasteiger partial charge is 0.295 e. The van der Waals surface area contributed by atoms with Gasteiger partial charge in [-0.1, -0.05) is 34.1 Å². The molecule has 5 amide bonds. The van der Waals surface area contributed by atoms with Crippen LogP contribution in [0.1, 0.15) is 68.5 Å². The van der Waals surface area contributed by atoms with Crippen molar-refractivity contribution in [2.24, 2.45) is 28.7 Å². The molecular formula is C50H48Br2N14O9. The van der Waals surface area contributed by atoms with Gasteiger partial charge in [0.1, 0.15) is 0 Å². The van der Waals surface area contributed by atoms with Gasteiger partial charge in [0.25, 0.3) is 40.9 Å². The number of fused-ring (bicyclic) bond motifs is 5. The number of anilines is 2. The SMILES string of the molecule is Cc1ccc(C(N)=O)c2[nH]cc(N(C)C)c12.Cc1ccc(C(N)=O)c2[nH]cc(N)c12.Cc1ccc(C(N)=O)c2[nH]cc([N+](=O)[O-])c12.NC(=O)c1ccc(Br)c2c([N+](=O)[O-])c[nH]c12.NC(=O)c1ccc(Br)c2cc[nH]c12. The fourth-order valence-corrected chi connectivity index (χ4v) is 9.22. The molecule has 25 heteroatoms. The van der Waals surface area contributed by atoms with E-state index in [1.54, 1.807) is 55.7 Å². The lowest BCUT2D eigenvalue weighted by atomic mass is 10.1. The number of rotatable bonds is 8. The molecule has 10 rings (SSSR count). The largest absolute Gasteiger partial charge is 0.397 e. The Bertz CT molecular complexity index is 3810. The van der Waals surface area contributed by atoms with E-state index in [9.17, 15) is 44.2 Å². The van der Waals surface area contributed by atoms with Crippen molar-refractivity contribution in [2.45, 2.75) is 20.8 Å². The number of nitrogens with zero attached hydrogens (tertiary/aromatic N) is 3. The molecule has 5 aromatic heterocycles. The minimum atomic E-state index is -0.630. The third-order valence-corrected chi connectivity index (χ3v) is 13.1. The number of carbonyl (C=O) groups is 5. The van der Waals surface area contributed by atoms with Crippen molar-refractivity contribution in [3.05, 3.63) is 171 Å². The van der Waals surface area contributed by atoms with Gasteiger partial charge in [-0.3, -0.25) is 44.2 Å². The predicted octanol–water partition coefficient (Wildman–Crippen LogP) is 8.25. The van der Waals surface area contributed by atoms with Gasteiger partial charge in [-0.2, -0.15) is 0 Å². The molecule has 0 spiro atoms. The Morgan fingerprint density at radius 2 is 0.827 bits per heavy atom. The van der Waals surface area contributed by atoms with Crippen molar-refractivity contribution in [1.82, 2.24) is 24.9 Å². The van der Waals surface area contributed by atoms with Gasteiger partial charge in [-0.15, -0.1) is 0 Å². The molecule has 0 atom stereocenters. The number of aryl methyl sites for hydroxylation is 3. The first-order valence-electron chi connectivity index (χ1n) is 21.9. The number of nitro groups is 2. The zero-order valence-corrected chi connectivity index (χ0v) is 43.6. The molecule has 0 bridgehead atoms. The second-order valence-corrected chi connectivity index (χ2v) is 18.5. The fraction of sp³-hybridized carbons (Fsp3) is 0.100. The summed E-state index contributed by atoms with van der Waals surface area (Å²) in [4.78, 5) is 92.7. The third kappa shape index (κ3) is 11.3. The van der Waals surface area contributed by atoms with Gasteiger partial charge in [0.2, 0.25) is 0 Å². The fourth-order valence-electron chi connectivity index (χ4n) is 8.23. The Hall–Kier alpha value is -9.49. The van der Waals surface area contributed by atoms with Gasteiger partial charge in [0, 0.05) is 57.8 Å². The molecule has 23 nitrogen and oxygen atoms in total. The van der Waals surface area contributed by atoms with E-state index in [1.165, 1.54) is 18.5 Å². The van der Waals surface area contributed by atoms with E-state index in [1.807, 2.05) is 63.3 Å². The van der Waals surface area contributed by atoms with Gasteiger partial charge in [-0.25, -0.2) is 0 Å². The number of halogens is 2. The zero-order valence-electron chi connectivity index (χ0n) is 40.5. The first-order valence-corrected chi connectivity index (χ1v) is 23.5. The molecule has 0 aliphatic rings. The molecule has 5 heterocycles. The van der Waals surface area contributed by atoms with Crippen LogP contribution >= 0.6 is 31.9 Å². The quantitative estimate of drug-likeness (QED) is 0.0508. The lowest BCUT2D eigenvalue weighted by Crippen LogP contribution is -2.12. The number of nitrogens with two attached hydrogens (primary N) is 6. The second-order valence-electron chi connectivity index (χ2n) is 16.7. The first kappa shape index (κ1) is 54.8. The minimum absolute atomic E-state index is 0.0457. The number of aromatic nitrogens is 5. The molecule has 0 radical (unpaired) electrons. The topological polar surface area (TPSA) is 410 Å². The normalized spacial score (nSPS) is 10.6. The maximum absolute atomic E-state index is 11.3. The number of carbonyl (C=O) groups excluding carboxylic acids is 5. The Labute approximate surface area is 440 Å². The molecule has 0 saturated carbocycles. The molecule has 5 aromatic carbocycles. The van der Waals surface area contributed by atoms with Crippen LogP contribution in [0.5, 0.6) is 0 Å². The van der Waals surface area contributed by atoms with Crippen LogP contribution in [-0.2, 0) is 0 Å². The first-order chi connectivity index (χ1) is 35.4. The molecule has 0 saturated heterocycles. The van der Waals surface area contributed by atoms with Crippen molar-refractivity contribution in [3.63, 3.8) is 0 Å². The standard InChI is InChI=1S/C12H15N3O.C10H9N3O3.C10H11N3O.C9H6BrN3O3.C9H7BrN2O/c1-7-4-5-8(12(13)16)11-10(7)9(6-14-11)15(2)3;1-5-2-3-6(10(11)14)9-8(5)7(4-12-9)13(15)16;1-5-2-3-6(10(12)14)9-8(5)7(11)4-13-9;10-5-2-1-4(9(11)14)8-7(5)6(3-12-8)13(15)16;10-7-2-1-6(9(11)13)8-5(7)3-4-12-8/h4-6,14H,1-3H3,(H2,13,16);2-4,12H,1H3,(H2,11,14);2-4,13H,11H2,1H3,(H2,12,14);1-3,12H,(H2,11,14);1-4,12H,(H2,11,13). The van der Waals surface area contributed by atoms with E-state index < -0.39 is 39.4 Å². The minimum Gasteiger partial charge on any atom is -0.397 e. The number of aromatic amines is 5. The second kappa shape index (κ2) is 22.5. The molecule has 0 aliphatic heterocycles. The van der Waals surface area contributed by atoms with Crippen LogP contribution in [0.4, 0.5) is 22.7 Å². The summed E-state index contributed by atoms with van der Waals surface area (Å²) in [6.07, 6.45) is 7.85. The molecular weight excluding hydrogens is 1100 g/mol. The van der Waals surface area contributed by atoms with Crippen LogP contribution in [-0.4, -0.2) is 78.4 Å². The van der Waals surface area contributed by atoms with Gasteiger partial charge < -0.3 is 64.2 Å². The number of amides is 5. The van der Waals surface area contributed by atoms with Gasteiger partial charge >= 0.3 is 0 Å². The Morgan fingerprint density at radius 1 is 0.467 bits per heavy atom. The van der Waals surface area contributed by atoms with Gasteiger partial charge in [-0.05, 0) is 102 Å². The summed E-state index contributed by atoms with van der Waals surface area (Å²) in [6.45, 7) is 5.71. The van der Waals surface area contributed by atoms with Crippen LogP contribution < -0.4 is 39.3 Å². The highest BCUT2D eigenvalue weighted by atomic mass is 79.9. The van der Waals surface area contributed by atoms with Crippen molar-refractivity contribution in [1.29, 1.82) is 0 Å². The number of H-pyrrole nitrogens is 5. The van der Waals surface area contributed by atoms with E-state index in [2.05, 4.69) is 56.8 Å². The van der Waals surface area contributed by atoms with E-state index in [-0.39, 0.29) is 22.5 Å². The molecule has 17 N–H and O–H groups in total. The predicted molar refractivity (Wildman–Crippen MR) is 296 cm³/mol. The number of primary amides is 5. The highest BCUT2D eigenvalue weighted by molar-refractivity contribution is 9.11. The number of benzene rings is 5. The van der Waals surface area contributed by atoms with E-state index in [0.717, 1.165) is 59.6 Å². The summed E-state index contributed by atoms with van der Waals surface area (Å²) in [5.74, 6) is -2.51. The lowest BCUT2D eigenvalue weighted by Gasteiger charge is -2.12. The summed E-state index contributed by atoms with van der Waals surface area (Å²) in [5, 5.41) is 25.2. The van der Waals surface area contributed by atoms with Crippen LogP contribution in [0.15, 0.2) is 107 Å². The van der Waals surface area contributed by atoms with Crippen LogP contribution in [0.2, 0.25) is 0 Å². The Balaban J connectivity index is 0.000000153. The van der Waals surface area contributed by atoms with Crippen molar-refractivity contribution in [2.75, 3.05) is 24.7 Å². The average molecular weight is 1150 g/mol. The van der Waals surface area contributed by atoms with E-state index in [4.69, 9.17) is 34.4 Å². The molecule has 0 unspecified atom stereocenters. The summed E-state index contributed by atoms with van der Waals surface area (Å²) in [7, 11) is 3.94. The van der Waals surface area contributed by atoms with Crippen molar-refractivity contribution < 1.29 is 33.8 Å². The highest BCUT2D eigenvalue weighted by Gasteiger charge is 2.22. The molecule has 0 fully saturated rings. The van der Waals surface area contributed by atoms with Crippen LogP contribution in [0.25, 0.3) is 54.5 Å². The van der Waals surface area contributed by atoms with Crippen molar-refractivity contribution in [3.8, 4) is 0 Å². The van der Waals surface area contributed by atoms with Crippen LogP contribution in [0, 0.1) is 41.0 Å². The molecule has 386 valence electrons. The maximum atomic E-state index is 11.3. The molecule has 10 aromatic rings. The number of hydrogen-bond donors (Lipinski definition) is 11. The number of nitrogen functional groups attached to an aromatic ring is 1. The summed E-state index contributed by atoms with van der Waals surface area (Å²) in [6, 6.07) is 18.9. The summed E-state index contributed by atoms with van der Waals surface area (Å²) >= 11 is 6.59. The van der Waals surface area contributed by atoms with Gasteiger partial charge in [0.05, 0.1) is 99.8 Å². The zero-order chi connectivity index (χ0) is 55.3. The summed E-state index contributed by atoms with van der Waals surface area (Å²) < 4.78 is 1.49. The Kier molecular flexibility index (Phi) is 16.5. The van der Waals surface area contributed by atoms with Crippen molar-refractivity contribution >= 4 is 139 Å². The van der Waals surface area contributed by atoms with E-state index >= 15 is 0 Å². The van der Waals surface area contributed by atoms with E-state index in [0.29, 0.717) is 48.7 Å². The average Bonchev–Trinajstić information content (AvgIpc) is 4.20. The third-order valence-electron chi connectivity index (χ3n) is 11.8. The highest BCUT2D eigenvalue weighted by Crippen LogP contribution is 2.35.